The van der Waals surface area contributed by atoms with E-state index in [1.165, 1.54) is 11.3 Å². The predicted octanol–water partition coefficient (Wildman–Crippen LogP) is 5.25. The maximum absolute atomic E-state index is 12.9. The highest BCUT2D eigenvalue weighted by Gasteiger charge is 2.16. The number of anilines is 1. The average Bonchev–Trinajstić information content (AvgIpc) is 3.10. The van der Waals surface area contributed by atoms with Crippen LogP contribution in [0.1, 0.15) is 21.5 Å². The molecule has 1 heterocycles. The van der Waals surface area contributed by atoms with Crippen molar-refractivity contribution in [3.63, 3.8) is 0 Å². The van der Waals surface area contributed by atoms with Gasteiger partial charge in [0.2, 0.25) is 4.80 Å². The van der Waals surface area contributed by atoms with Crippen molar-refractivity contribution >= 4 is 28.5 Å². The van der Waals surface area contributed by atoms with E-state index in [1.54, 1.807) is 6.21 Å². The van der Waals surface area contributed by atoms with E-state index in [0.29, 0.717) is 10.4 Å². The first kappa shape index (κ1) is 20.5. The maximum atomic E-state index is 12.9. The Labute approximate surface area is 185 Å². The summed E-state index contributed by atoms with van der Waals surface area (Å²) in [7, 11) is 1.93. The molecule has 0 bridgehead atoms. The summed E-state index contributed by atoms with van der Waals surface area (Å²) in [6, 6.07) is 27.3. The number of rotatable bonds is 5. The predicted molar refractivity (Wildman–Crippen MR) is 127 cm³/mol. The van der Waals surface area contributed by atoms with Gasteiger partial charge in [-0.25, -0.2) is 0 Å². The molecule has 1 aromatic heterocycles. The topological polar surface area (TPSA) is 58.8 Å². The third-order valence-corrected chi connectivity index (χ3v) is 5.81. The summed E-state index contributed by atoms with van der Waals surface area (Å²) in [4.78, 5) is 13.5. The number of aryl methyl sites for hydroxylation is 1. The molecule has 0 unspecified atom stereocenters. The minimum Gasteiger partial charge on any atom is -0.316 e. The number of benzene rings is 3. The van der Waals surface area contributed by atoms with E-state index >= 15 is 0 Å². The van der Waals surface area contributed by atoms with Gasteiger partial charge in [-0.3, -0.25) is 4.79 Å². The van der Waals surface area contributed by atoms with Gasteiger partial charge in [-0.05, 0) is 24.6 Å². The molecule has 0 radical (unpaired) electrons. The van der Waals surface area contributed by atoms with Gasteiger partial charge in [-0.15, -0.1) is 5.10 Å². The van der Waals surface area contributed by atoms with Gasteiger partial charge in [0.25, 0.3) is 5.91 Å². The summed E-state index contributed by atoms with van der Waals surface area (Å²) in [5.41, 5.74) is 4.58. The minimum atomic E-state index is -0.154. The fourth-order valence-electron chi connectivity index (χ4n) is 3.11. The van der Waals surface area contributed by atoms with E-state index in [2.05, 4.69) is 15.5 Å². The first-order valence-corrected chi connectivity index (χ1v) is 10.7. The van der Waals surface area contributed by atoms with Gasteiger partial charge in [0, 0.05) is 18.2 Å². The second-order valence-corrected chi connectivity index (χ2v) is 8.04. The van der Waals surface area contributed by atoms with Crippen molar-refractivity contribution in [2.75, 3.05) is 5.32 Å². The summed E-state index contributed by atoms with van der Waals surface area (Å²) < 4.78 is 1.95. The molecule has 0 aliphatic rings. The Hall–Kier alpha value is -3.77. The van der Waals surface area contributed by atoms with Gasteiger partial charge in [0.15, 0.2) is 0 Å². The summed E-state index contributed by atoms with van der Waals surface area (Å²) in [5, 5.41) is 12.4. The summed E-state index contributed by atoms with van der Waals surface area (Å²) in [6.07, 6.45) is 1.71. The number of nitrogens with zero attached hydrogens (tertiary/aromatic N) is 3. The third kappa shape index (κ3) is 4.87. The van der Waals surface area contributed by atoms with E-state index < -0.39 is 0 Å². The van der Waals surface area contributed by atoms with Crippen LogP contribution in [0, 0.1) is 6.92 Å². The molecule has 31 heavy (non-hydrogen) atoms. The lowest BCUT2D eigenvalue weighted by molar-refractivity contribution is 0.102. The van der Waals surface area contributed by atoms with Gasteiger partial charge in [0.05, 0.1) is 11.9 Å². The van der Waals surface area contributed by atoms with Crippen LogP contribution < -0.4 is 10.1 Å². The monoisotopic (exact) mass is 426 g/mol. The molecule has 0 saturated carbocycles. The molecule has 154 valence electrons. The van der Waals surface area contributed by atoms with Crippen molar-refractivity contribution in [3.05, 3.63) is 106 Å². The van der Waals surface area contributed by atoms with Crippen LogP contribution in [-0.2, 0) is 7.05 Å². The average molecular weight is 427 g/mol. The number of hydrogen-bond donors (Lipinski definition) is 1. The molecule has 0 spiro atoms. The molecule has 0 atom stereocenters. The van der Waals surface area contributed by atoms with Gasteiger partial charge in [-0.1, -0.05) is 89.7 Å². The lowest BCUT2D eigenvalue weighted by Gasteiger charge is -2.08. The van der Waals surface area contributed by atoms with Gasteiger partial charge in [0.1, 0.15) is 5.00 Å². The van der Waals surface area contributed by atoms with Crippen LogP contribution in [0.5, 0.6) is 0 Å². The number of aromatic nitrogens is 1. The zero-order valence-electron chi connectivity index (χ0n) is 17.3. The largest absolute Gasteiger partial charge is 0.316 e. The fourth-order valence-corrected chi connectivity index (χ4v) is 4.11. The van der Waals surface area contributed by atoms with E-state index in [1.807, 2.05) is 103 Å². The Morgan fingerprint density at radius 3 is 2.26 bits per heavy atom. The van der Waals surface area contributed by atoms with Crippen LogP contribution in [-0.4, -0.2) is 16.7 Å². The highest BCUT2D eigenvalue weighted by atomic mass is 32.1. The molecule has 3 aromatic carbocycles. The van der Waals surface area contributed by atoms with Crippen molar-refractivity contribution in [3.8, 4) is 11.3 Å². The highest BCUT2D eigenvalue weighted by molar-refractivity contribution is 7.14. The Balaban J connectivity index is 1.72. The number of carbonyl (C=O) groups excluding carboxylic acids is 1. The van der Waals surface area contributed by atoms with Crippen LogP contribution in [0.4, 0.5) is 5.00 Å². The number of carbonyl (C=O) groups is 1. The Bertz CT molecular complexity index is 1270. The van der Waals surface area contributed by atoms with Crippen LogP contribution in [0.2, 0.25) is 0 Å². The van der Waals surface area contributed by atoms with Gasteiger partial charge in [-0.2, -0.15) is 5.10 Å². The number of thiazole rings is 1. The summed E-state index contributed by atoms with van der Waals surface area (Å²) >= 11 is 1.39. The quantitative estimate of drug-likeness (QED) is 0.344. The maximum Gasteiger partial charge on any atom is 0.256 e. The number of amides is 1. The van der Waals surface area contributed by atoms with Crippen LogP contribution in [0.25, 0.3) is 11.3 Å². The molecule has 1 N–H and O–H groups in total. The van der Waals surface area contributed by atoms with E-state index in [-0.39, 0.29) is 5.91 Å². The Morgan fingerprint density at radius 2 is 1.58 bits per heavy atom. The van der Waals surface area contributed by atoms with E-state index in [9.17, 15) is 4.79 Å². The van der Waals surface area contributed by atoms with Gasteiger partial charge < -0.3 is 9.88 Å². The number of nitrogens with one attached hydrogen (secondary N) is 1. The number of hydrogen-bond acceptors (Lipinski definition) is 4. The van der Waals surface area contributed by atoms with Crippen molar-refractivity contribution in [2.45, 2.75) is 6.92 Å². The smallest absolute Gasteiger partial charge is 0.256 e. The van der Waals surface area contributed by atoms with Crippen molar-refractivity contribution in [1.29, 1.82) is 0 Å². The Kier molecular flexibility index (Phi) is 6.19. The lowest BCUT2D eigenvalue weighted by Crippen LogP contribution is -2.12. The first-order chi connectivity index (χ1) is 15.1. The minimum absolute atomic E-state index is 0.154. The molecule has 0 saturated heterocycles. The third-order valence-electron chi connectivity index (χ3n) is 4.77. The molecule has 0 fully saturated rings. The Morgan fingerprint density at radius 1 is 0.935 bits per heavy atom. The molecule has 6 heteroatoms. The lowest BCUT2D eigenvalue weighted by atomic mass is 10.1. The molecule has 5 nitrogen and oxygen atoms in total. The van der Waals surface area contributed by atoms with Crippen molar-refractivity contribution in [1.82, 2.24) is 4.57 Å². The zero-order chi connectivity index (χ0) is 21.6. The standard InChI is InChI=1S/C25H22N4OS/c1-18-13-15-21(16-14-18)23(30)27-24-22(20-11-7-4-8-12-20)29(2)25(31-24)28-26-17-19-9-5-3-6-10-19/h3-17H,1-2H3,(H,27,30)/b26-17-,28-25-. The van der Waals surface area contributed by atoms with Crippen LogP contribution >= 0.6 is 11.3 Å². The van der Waals surface area contributed by atoms with Crippen molar-refractivity contribution in [2.24, 2.45) is 17.3 Å². The fraction of sp³-hybridized carbons (Fsp3) is 0.0800. The van der Waals surface area contributed by atoms with E-state index in [4.69, 9.17) is 0 Å². The van der Waals surface area contributed by atoms with Crippen LogP contribution in [0.15, 0.2) is 95.1 Å². The molecular weight excluding hydrogens is 404 g/mol. The van der Waals surface area contributed by atoms with E-state index in [0.717, 1.165) is 27.4 Å². The molecule has 4 aromatic rings. The molecule has 4 rings (SSSR count). The molecular formula is C25H22N4OS. The first-order valence-electron chi connectivity index (χ1n) is 9.87. The zero-order valence-corrected chi connectivity index (χ0v) is 18.1. The molecule has 1 amide bonds. The van der Waals surface area contributed by atoms with Crippen LogP contribution in [0.3, 0.4) is 0 Å². The highest BCUT2D eigenvalue weighted by Crippen LogP contribution is 2.30. The molecule has 0 aliphatic heterocycles. The van der Waals surface area contributed by atoms with Gasteiger partial charge >= 0.3 is 0 Å². The second kappa shape index (κ2) is 9.36. The summed E-state index contributed by atoms with van der Waals surface area (Å²) in [6.45, 7) is 2.00. The van der Waals surface area contributed by atoms with Crippen molar-refractivity contribution < 1.29 is 4.79 Å². The normalized spacial score (nSPS) is 11.7. The second-order valence-electron chi connectivity index (χ2n) is 7.06. The SMILES string of the molecule is Cc1ccc(C(=O)Nc2s/c(=N\N=C/c3ccccc3)n(C)c2-c2ccccc2)cc1. The molecule has 0 aliphatic carbocycles. The summed E-state index contributed by atoms with van der Waals surface area (Å²) in [5.74, 6) is -0.154.